The van der Waals surface area contributed by atoms with E-state index in [1.54, 1.807) is 49.3 Å². The number of hydrogen-bond acceptors (Lipinski definition) is 8. The van der Waals surface area contributed by atoms with Crippen molar-refractivity contribution < 1.29 is 23.8 Å². The molecule has 9 heteroatoms. The number of hydrogen-bond donors (Lipinski definition) is 0. The quantitative estimate of drug-likeness (QED) is 0.662. The second-order valence-electron chi connectivity index (χ2n) is 5.95. The van der Waals surface area contributed by atoms with Gasteiger partial charge in [0.15, 0.2) is 11.5 Å². The molecule has 1 amide bonds. The van der Waals surface area contributed by atoms with E-state index in [0.29, 0.717) is 41.1 Å². The minimum atomic E-state index is -0.572. The Hall–Kier alpha value is -2.26. The van der Waals surface area contributed by atoms with Crippen LogP contribution in [0.4, 0.5) is 0 Å². The predicted octanol–water partition coefficient (Wildman–Crippen LogP) is 2.95. The first kappa shape index (κ1) is 20.5. The number of carbonyl (C=O) groups excluding carboxylic acids is 2. The van der Waals surface area contributed by atoms with Crippen molar-refractivity contribution in [1.29, 1.82) is 0 Å². The van der Waals surface area contributed by atoms with Crippen LogP contribution < -0.4 is 9.47 Å². The number of methoxy groups -OCH3 is 2. The van der Waals surface area contributed by atoms with Gasteiger partial charge in [-0.1, -0.05) is 0 Å². The molecule has 1 aromatic carbocycles. The van der Waals surface area contributed by atoms with Crippen LogP contribution in [0.15, 0.2) is 23.6 Å². The number of carbonyl (C=O) groups is 2. The van der Waals surface area contributed by atoms with Crippen molar-refractivity contribution in [1.82, 2.24) is 9.88 Å². The van der Waals surface area contributed by atoms with Crippen LogP contribution in [0.25, 0.3) is 10.6 Å². The lowest BCUT2D eigenvalue weighted by Crippen LogP contribution is -2.51. The number of aromatic nitrogens is 1. The molecule has 7 nitrogen and oxygen atoms in total. The van der Waals surface area contributed by atoms with Crippen molar-refractivity contribution in [2.75, 3.05) is 38.9 Å². The Balaban J connectivity index is 1.82. The van der Waals surface area contributed by atoms with E-state index in [9.17, 15) is 9.59 Å². The zero-order valence-electron chi connectivity index (χ0n) is 16.0. The molecule has 3 rings (SSSR count). The Bertz CT molecular complexity index is 855. The number of nitrogens with zero attached hydrogens (tertiary/aromatic N) is 2. The first-order valence-electron chi connectivity index (χ1n) is 8.82. The Labute approximate surface area is 172 Å². The summed E-state index contributed by atoms with van der Waals surface area (Å²) < 4.78 is 15.7. The molecule has 1 fully saturated rings. The molecule has 1 aromatic heterocycles. The molecule has 0 radical (unpaired) electrons. The van der Waals surface area contributed by atoms with Gasteiger partial charge in [0.05, 0.1) is 20.8 Å². The van der Waals surface area contributed by atoms with E-state index in [1.807, 2.05) is 12.1 Å². The SMILES string of the molecule is CCOC(=O)[C@H]1CSCCN1C(=O)c1csc(-c2ccc(OC)c(OC)c2)n1. The Kier molecular flexibility index (Phi) is 6.79. The summed E-state index contributed by atoms with van der Waals surface area (Å²) in [4.78, 5) is 31.3. The molecule has 0 saturated carbocycles. The first-order valence-corrected chi connectivity index (χ1v) is 10.9. The lowest BCUT2D eigenvalue weighted by molar-refractivity contribution is -0.147. The zero-order chi connectivity index (χ0) is 20.1. The average molecular weight is 423 g/mol. The Morgan fingerprint density at radius 1 is 1.25 bits per heavy atom. The molecule has 0 bridgehead atoms. The van der Waals surface area contributed by atoms with Crippen LogP contribution in [0.2, 0.25) is 0 Å². The van der Waals surface area contributed by atoms with Crippen LogP contribution in [0.1, 0.15) is 17.4 Å². The third-order valence-electron chi connectivity index (χ3n) is 4.30. The topological polar surface area (TPSA) is 78.0 Å². The third-order valence-corrected chi connectivity index (χ3v) is 6.22. The molecule has 0 unspecified atom stereocenters. The van der Waals surface area contributed by atoms with Crippen LogP contribution >= 0.6 is 23.1 Å². The van der Waals surface area contributed by atoms with E-state index in [1.165, 1.54) is 11.3 Å². The number of benzene rings is 1. The number of amides is 1. The fraction of sp³-hybridized carbons (Fsp3) is 0.421. The summed E-state index contributed by atoms with van der Waals surface area (Å²) >= 11 is 3.02. The molecular formula is C19H22N2O5S2. The summed E-state index contributed by atoms with van der Waals surface area (Å²) in [6.07, 6.45) is 0. The van der Waals surface area contributed by atoms with Crippen molar-refractivity contribution in [2.24, 2.45) is 0 Å². The Morgan fingerprint density at radius 3 is 2.75 bits per heavy atom. The average Bonchev–Trinajstić information content (AvgIpc) is 3.23. The largest absolute Gasteiger partial charge is 0.493 e. The van der Waals surface area contributed by atoms with Gasteiger partial charge in [0.2, 0.25) is 0 Å². The van der Waals surface area contributed by atoms with Gasteiger partial charge in [-0.15, -0.1) is 11.3 Å². The first-order chi connectivity index (χ1) is 13.6. The normalized spacial score (nSPS) is 16.5. The van der Waals surface area contributed by atoms with Crippen LogP contribution in [0.3, 0.4) is 0 Å². The molecular weight excluding hydrogens is 400 g/mol. The number of rotatable bonds is 6. The summed E-state index contributed by atoms with van der Waals surface area (Å²) in [6.45, 7) is 2.55. The molecule has 0 aliphatic carbocycles. The fourth-order valence-electron chi connectivity index (χ4n) is 2.90. The van der Waals surface area contributed by atoms with Crippen LogP contribution in [-0.4, -0.2) is 66.7 Å². The van der Waals surface area contributed by atoms with Crippen LogP contribution in [0, 0.1) is 0 Å². The minimum Gasteiger partial charge on any atom is -0.493 e. The van der Waals surface area contributed by atoms with E-state index < -0.39 is 6.04 Å². The standard InChI is InChI=1S/C19H22N2O5S2/c1-4-26-19(23)14-11-27-8-7-21(14)18(22)13-10-28-17(20-13)12-5-6-15(24-2)16(9-12)25-3/h5-6,9-10,14H,4,7-8,11H2,1-3H3/t14-/m1/s1. The maximum absolute atomic E-state index is 13.0. The van der Waals surface area contributed by atoms with E-state index in [0.717, 1.165) is 11.3 Å². The molecule has 1 aliphatic heterocycles. The molecule has 150 valence electrons. The number of thiazole rings is 1. The van der Waals surface area contributed by atoms with E-state index in [4.69, 9.17) is 14.2 Å². The molecule has 2 heterocycles. The lowest BCUT2D eigenvalue weighted by Gasteiger charge is -2.33. The highest BCUT2D eigenvalue weighted by Crippen LogP contribution is 2.34. The highest BCUT2D eigenvalue weighted by atomic mass is 32.2. The fourth-order valence-corrected chi connectivity index (χ4v) is 4.72. The van der Waals surface area contributed by atoms with E-state index >= 15 is 0 Å². The van der Waals surface area contributed by atoms with E-state index in [-0.39, 0.29) is 11.9 Å². The summed E-state index contributed by atoms with van der Waals surface area (Å²) in [6, 6.07) is 4.92. The molecule has 28 heavy (non-hydrogen) atoms. The summed E-state index contributed by atoms with van der Waals surface area (Å²) in [5.74, 6) is 1.94. The third kappa shape index (κ3) is 4.25. The molecule has 1 atom stereocenters. The maximum atomic E-state index is 13.0. The predicted molar refractivity (Wildman–Crippen MR) is 109 cm³/mol. The Morgan fingerprint density at radius 2 is 2.04 bits per heavy atom. The molecule has 0 N–H and O–H groups in total. The van der Waals surface area contributed by atoms with Crippen molar-refractivity contribution in [3.63, 3.8) is 0 Å². The number of ether oxygens (including phenoxy) is 3. The van der Waals surface area contributed by atoms with Crippen molar-refractivity contribution >= 4 is 35.0 Å². The smallest absolute Gasteiger partial charge is 0.329 e. The van der Waals surface area contributed by atoms with Crippen molar-refractivity contribution in [3.8, 4) is 22.1 Å². The molecule has 1 saturated heterocycles. The van der Waals surface area contributed by atoms with Gasteiger partial charge in [-0.05, 0) is 25.1 Å². The van der Waals surface area contributed by atoms with Gasteiger partial charge in [0, 0.05) is 29.0 Å². The number of thioether (sulfide) groups is 1. The zero-order valence-corrected chi connectivity index (χ0v) is 17.6. The maximum Gasteiger partial charge on any atom is 0.329 e. The monoisotopic (exact) mass is 422 g/mol. The van der Waals surface area contributed by atoms with Gasteiger partial charge in [0.25, 0.3) is 5.91 Å². The molecule has 2 aromatic rings. The minimum absolute atomic E-state index is 0.249. The van der Waals surface area contributed by atoms with Gasteiger partial charge in [-0.25, -0.2) is 9.78 Å². The van der Waals surface area contributed by atoms with Crippen molar-refractivity contribution in [3.05, 3.63) is 29.3 Å². The van der Waals surface area contributed by atoms with Gasteiger partial charge in [-0.2, -0.15) is 11.8 Å². The summed E-state index contributed by atoms with van der Waals surface area (Å²) in [5, 5.41) is 2.42. The van der Waals surface area contributed by atoms with Gasteiger partial charge in [0.1, 0.15) is 16.7 Å². The molecule has 1 aliphatic rings. The van der Waals surface area contributed by atoms with Gasteiger partial charge >= 0.3 is 5.97 Å². The number of esters is 1. The van der Waals surface area contributed by atoms with E-state index in [2.05, 4.69) is 4.98 Å². The lowest BCUT2D eigenvalue weighted by atomic mass is 10.2. The highest BCUT2D eigenvalue weighted by molar-refractivity contribution is 7.99. The van der Waals surface area contributed by atoms with Gasteiger partial charge in [-0.3, -0.25) is 4.79 Å². The summed E-state index contributed by atoms with van der Waals surface area (Å²) in [7, 11) is 3.15. The van der Waals surface area contributed by atoms with Gasteiger partial charge < -0.3 is 19.1 Å². The second kappa shape index (κ2) is 9.29. The van der Waals surface area contributed by atoms with Crippen LogP contribution in [-0.2, 0) is 9.53 Å². The molecule has 0 spiro atoms. The second-order valence-corrected chi connectivity index (χ2v) is 7.96. The van der Waals surface area contributed by atoms with Crippen molar-refractivity contribution in [2.45, 2.75) is 13.0 Å². The highest BCUT2D eigenvalue weighted by Gasteiger charge is 2.35. The van der Waals surface area contributed by atoms with Crippen LogP contribution in [0.5, 0.6) is 11.5 Å². The summed E-state index contributed by atoms with van der Waals surface area (Å²) in [5.41, 5.74) is 1.16.